The van der Waals surface area contributed by atoms with Gasteiger partial charge in [-0.15, -0.1) is 6.42 Å². The van der Waals surface area contributed by atoms with Gasteiger partial charge in [0.1, 0.15) is 0 Å². The van der Waals surface area contributed by atoms with Gasteiger partial charge in [0.25, 0.3) is 17.7 Å². The maximum Gasteiger partial charge on any atom is 0.265 e. The summed E-state index contributed by atoms with van der Waals surface area (Å²) in [5.74, 6) is 1.65. The number of aliphatic hydroxyl groups is 1. The Hall–Kier alpha value is -4.45. The van der Waals surface area contributed by atoms with Crippen molar-refractivity contribution >= 4 is 17.7 Å². The van der Waals surface area contributed by atoms with Crippen molar-refractivity contribution in [3.63, 3.8) is 0 Å². The standard InChI is InChI=1S/C36H44N4O4/c1-5-19-39(20-6-2)36(44)31-23-27(8-4)22-30(25-31)34(42)37-32(24-28-15-11-9-12-16-28)33(41)26-40(21-7-3)38-35(43)29-17-13-10-14-18-29/h4,9-18,22-23,25,32-33,41H,5-7,19-21,24,26H2,1-3H3,(H,37,42)(H,38,43). The summed E-state index contributed by atoms with van der Waals surface area (Å²) in [4.78, 5) is 41.7. The summed E-state index contributed by atoms with van der Waals surface area (Å²) in [6.45, 7) is 7.81. The van der Waals surface area contributed by atoms with Crippen molar-refractivity contribution in [2.75, 3.05) is 26.2 Å². The van der Waals surface area contributed by atoms with Crippen molar-refractivity contribution in [2.45, 2.75) is 58.6 Å². The van der Waals surface area contributed by atoms with E-state index in [2.05, 4.69) is 16.7 Å². The lowest BCUT2D eigenvalue weighted by Gasteiger charge is -2.30. The number of aliphatic hydroxyl groups excluding tert-OH is 1. The molecule has 0 aliphatic carbocycles. The second kappa shape index (κ2) is 17.6. The number of hydrazine groups is 1. The van der Waals surface area contributed by atoms with Gasteiger partial charge in [0.15, 0.2) is 0 Å². The Balaban J connectivity index is 1.86. The maximum atomic E-state index is 13.7. The molecular formula is C36H44N4O4. The molecule has 44 heavy (non-hydrogen) atoms. The summed E-state index contributed by atoms with van der Waals surface area (Å²) >= 11 is 0. The summed E-state index contributed by atoms with van der Waals surface area (Å²) in [7, 11) is 0. The largest absolute Gasteiger partial charge is 0.390 e. The number of nitrogens with one attached hydrogen (secondary N) is 2. The first kappa shape index (κ1) is 34.0. The van der Waals surface area contributed by atoms with Gasteiger partial charge in [0, 0.05) is 48.4 Å². The molecule has 232 valence electrons. The molecule has 8 nitrogen and oxygen atoms in total. The van der Waals surface area contributed by atoms with Crippen LogP contribution in [0.25, 0.3) is 0 Å². The molecule has 0 spiro atoms. The molecule has 0 bridgehead atoms. The lowest BCUT2D eigenvalue weighted by atomic mass is 9.99. The van der Waals surface area contributed by atoms with Crippen LogP contribution in [0.3, 0.4) is 0 Å². The normalized spacial score (nSPS) is 12.2. The van der Waals surface area contributed by atoms with Gasteiger partial charge in [-0.3, -0.25) is 19.8 Å². The van der Waals surface area contributed by atoms with E-state index in [1.54, 1.807) is 52.4 Å². The first-order chi connectivity index (χ1) is 21.3. The maximum absolute atomic E-state index is 13.7. The van der Waals surface area contributed by atoms with E-state index in [-0.39, 0.29) is 23.9 Å². The number of amides is 3. The van der Waals surface area contributed by atoms with Crippen molar-refractivity contribution in [1.29, 1.82) is 0 Å². The molecule has 3 rings (SSSR count). The Labute approximate surface area is 261 Å². The van der Waals surface area contributed by atoms with E-state index in [1.807, 2.05) is 57.2 Å². The highest BCUT2D eigenvalue weighted by Crippen LogP contribution is 2.15. The summed E-state index contributed by atoms with van der Waals surface area (Å²) in [5.41, 5.74) is 5.34. The third-order valence-electron chi connectivity index (χ3n) is 7.16. The number of terminal acetylenes is 1. The average molecular weight is 597 g/mol. The van der Waals surface area contributed by atoms with Crippen LogP contribution >= 0.6 is 0 Å². The van der Waals surface area contributed by atoms with E-state index in [0.717, 1.165) is 24.8 Å². The Kier molecular flexibility index (Phi) is 13.6. The van der Waals surface area contributed by atoms with Crippen LogP contribution in [0.15, 0.2) is 78.9 Å². The number of hydrogen-bond donors (Lipinski definition) is 3. The zero-order valence-corrected chi connectivity index (χ0v) is 26.0. The van der Waals surface area contributed by atoms with Crippen molar-refractivity contribution in [1.82, 2.24) is 20.7 Å². The first-order valence-corrected chi connectivity index (χ1v) is 15.3. The summed E-state index contributed by atoms with van der Waals surface area (Å²) in [5, 5.41) is 16.1. The van der Waals surface area contributed by atoms with Crippen molar-refractivity contribution in [3.8, 4) is 12.3 Å². The van der Waals surface area contributed by atoms with E-state index < -0.39 is 18.1 Å². The molecule has 2 atom stereocenters. The molecule has 0 aliphatic rings. The Morgan fingerprint density at radius 3 is 1.98 bits per heavy atom. The van der Waals surface area contributed by atoms with Crippen LogP contribution in [0.4, 0.5) is 0 Å². The fraction of sp³-hybridized carbons (Fsp3) is 0.361. The van der Waals surface area contributed by atoms with Gasteiger partial charge in [0.2, 0.25) is 0 Å². The molecule has 0 radical (unpaired) electrons. The molecule has 3 aromatic carbocycles. The van der Waals surface area contributed by atoms with Gasteiger partial charge in [0.05, 0.1) is 12.1 Å². The number of hydrogen-bond acceptors (Lipinski definition) is 5. The van der Waals surface area contributed by atoms with E-state index in [9.17, 15) is 19.5 Å². The van der Waals surface area contributed by atoms with Gasteiger partial charge in [-0.25, -0.2) is 5.01 Å². The van der Waals surface area contributed by atoms with E-state index >= 15 is 0 Å². The second-order valence-electron chi connectivity index (χ2n) is 10.8. The van der Waals surface area contributed by atoms with Gasteiger partial charge >= 0.3 is 0 Å². The second-order valence-corrected chi connectivity index (χ2v) is 10.8. The van der Waals surface area contributed by atoms with Crippen molar-refractivity contribution in [3.05, 3.63) is 107 Å². The van der Waals surface area contributed by atoms with Crippen LogP contribution < -0.4 is 10.7 Å². The lowest BCUT2D eigenvalue weighted by molar-refractivity contribution is 0.0452. The molecule has 3 aromatic rings. The molecular weight excluding hydrogens is 552 g/mol. The first-order valence-electron chi connectivity index (χ1n) is 15.3. The average Bonchev–Trinajstić information content (AvgIpc) is 3.04. The van der Waals surface area contributed by atoms with Gasteiger partial charge in [-0.05, 0) is 61.6 Å². The highest BCUT2D eigenvalue weighted by molar-refractivity contribution is 6.00. The van der Waals surface area contributed by atoms with Crippen LogP contribution in [-0.4, -0.2) is 71.1 Å². The number of nitrogens with zero attached hydrogens (tertiary/aromatic N) is 2. The topological polar surface area (TPSA) is 102 Å². The molecule has 0 fully saturated rings. The fourth-order valence-electron chi connectivity index (χ4n) is 5.02. The van der Waals surface area contributed by atoms with Crippen LogP contribution in [-0.2, 0) is 6.42 Å². The third kappa shape index (κ3) is 10.1. The van der Waals surface area contributed by atoms with Crippen molar-refractivity contribution in [2.24, 2.45) is 0 Å². The summed E-state index contributed by atoms with van der Waals surface area (Å²) in [6.07, 6.45) is 7.38. The Bertz CT molecular complexity index is 1400. The molecule has 3 amide bonds. The molecule has 0 heterocycles. The van der Waals surface area contributed by atoms with Crippen LogP contribution in [0.2, 0.25) is 0 Å². The summed E-state index contributed by atoms with van der Waals surface area (Å²) < 4.78 is 0. The lowest BCUT2D eigenvalue weighted by Crippen LogP contribution is -2.53. The molecule has 8 heteroatoms. The zero-order chi connectivity index (χ0) is 31.9. The van der Waals surface area contributed by atoms with E-state index in [0.29, 0.717) is 42.7 Å². The third-order valence-corrected chi connectivity index (χ3v) is 7.16. The molecule has 2 unspecified atom stereocenters. The number of carbonyl (C=O) groups excluding carboxylic acids is 3. The number of carbonyl (C=O) groups is 3. The van der Waals surface area contributed by atoms with Gasteiger partial charge in [-0.1, -0.05) is 75.2 Å². The predicted octanol–water partition coefficient (Wildman–Crippen LogP) is 4.69. The highest BCUT2D eigenvalue weighted by atomic mass is 16.3. The van der Waals surface area contributed by atoms with Crippen LogP contribution in [0.5, 0.6) is 0 Å². The minimum Gasteiger partial charge on any atom is -0.390 e. The van der Waals surface area contributed by atoms with Crippen molar-refractivity contribution < 1.29 is 19.5 Å². The van der Waals surface area contributed by atoms with E-state index in [1.165, 1.54) is 0 Å². The molecule has 0 saturated carbocycles. The summed E-state index contributed by atoms with van der Waals surface area (Å²) in [6, 6.07) is 22.5. The number of benzene rings is 3. The van der Waals surface area contributed by atoms with E-state index in [4.69, 9.17) is 6.42 Å². The highest BCUT2D eigenvalue weighted by Gasteiger charge is 2.26. The minimum absolute atomic E-state index is 0.0846. The minimum atomic E-state index is -1.04. The quantitative estimate of drug-likeness (QED) is 0.165. The monoisotopic (exact) mass is 596 g/mol. The smallest absolute Gasteiger partial charge is 0.265 e. The van der Waals surface area contributed by atoms with Crippen LogP contribution in [0, 0.1) is 12.3 Å². The molecule has 0 aromatic heterocycles. The molecule has 3 N–H and O–H groups in total. The zero-order valence-electron chi connectivity index (χ0n) is 26.0. The fourth-order valence-corrected chi connectivity index (χ4v) is 5.02. The van der Waals surface area contributed by atoms with Crippen LogP contribution in [0.1, 0.15) is 82.2 Å². The molecule has 0 aliphatic heterocycles. The predicted molar refractivity (Wildman–Crippen MR) is 174 cm³/mol. The SMILES string of the molecule is C#Cc1cc(C(=O)NC(Cc2ccccc2)C(O)CN(CCC)NC(=O)c2ccccc2)cc(C(=O)N(CCC)CCC)c1. The number of rotatable bonds is 16. The Morgan fingerprint density at radius 2 is 1.39 bits per heavy atom. The van der Waals surface area contributed by atoms with Gasteiger partial charge in [-0.2, -0.15) is 0 Å². The molecule has 0 saturated heterocycles. The Morgan fingerprint density at radius 1 is 0.795 bits per heavy atom. The van der Waals surface area contributed by atoms with Gasteiger partial charge < -0.3 is 15.3 Å².